The standard InChI is InChI=1S/C12H14ClN3S2/c1-2-14-10(11-15-6-9(13)18-11)12-16-7-4-3-5-8(7)17-12/h6,10,14H,2-5H2,1H3. The van der Waals surface area contributed by atoms with Gasteiger partial charge in [0.1, 0.15) is 20.4 Å². The number of aromatic nitrogens is 2. The zero-order chi connectivity index (χ0) is 12.5. The number of hydrogen-bond donors (Lipinski definition) is 1. The molecule has 0 amide bonds. The van der Waals surface area contributed by atoms with Gasteiger partial charge in [-0.3, -0.25) is 0 Å². The number of fused-ring (bicyclic) bond motifs is 1. The first-order valence-corrected chi connectivity index (χ1v) is 8.12. The molecule has 3 rings (SSSR count). The number of aryl methyl sites for hydroxylation is 2. The first kappa shape index (κ1) is 12.5. The van der Waals surface area contributed by atoms with Crippen LogP contribution in [-0.2, 0) is 12.8 Å². The molecule has 2 aromatic heterocycles. The van der Waals surface area contributed by atoms with Gasteiger partial charge in [-0.1, -0.05) is 18.5 Å². The Kier molecular flexibility index (Phi) is 3.66. The average Bonchev–Trinajstić information content (AvgIpc) is 3.00. The van der Waals surface area contributed by atoms with Gasteiger partial charge in [-0.25, -0.2) is 9.97 Å². The van der Waals surface area contributed by atoms with Gasteiger partial charge >= 0.3 is 0 Å². The van der Waals surface area contributed by atoms with Gasteiger partial charge in [0.2, 0.25) is 0 Å². The molecule has 0 aromatic carbocycles. The van der Waals surface area contributed by atoms with Crippen LogP contribution in [0.1, 0.15) is 40.0 Å². The molecule has 6 heteroatoms. The van der Waals surface area contributed by atoms with Crippen LogP contribution in [0.4, 0.5) is 0 Å². The number of rotatable bonds is 4. The Morgan fingerprint density at radius 3 is 2.94 bits per heavy atom. The van der Waals surface area contributed by atoms with Gasteiger partial charge in [-0.2, -0.15) is 0 Å². The van der Waals surface area contributed by atoms with E-state index in [1.54, 1.807) is 6.20 Å². The Hall–Kier alpha value is -0.490. The molecular formula is C12H14ClN3S2. The van der Waals surface area contributed by atoms with Crippen molar-refractivity contribution in [2.75, 3.05) is 6.54 Å². The van der Waals surface area contributed by atoms with Crippen molar-refractivity contribution in [1.82, 2.24) is 15.3 Å². The van der Waals surface area contributed by atoms with Gasteiger partial charge in [0.25, 0.3) is 0 Å². The van der Waals surface area contributed by atoms with E-state index in [4.69, 9.17) is 16.6 Å². The zero-order valence-corrected chi connectivity index (χ0v) is 12.5. The summed E-state index contributed by atoms with van der Waals surface area (Å²) in [5.74, 6) is 0. The molecular weight excluding hydrogens is 286 g/mol. The number of nitrogens with one attached hydrogen (secondary N) is 1. The maximum Gasteiger partial charge on any atom is 0.118 e. The SMILES string of the molecule is CCNC(c1ncc(Cl)s1)c1nc2c(s1)CCC2. The Labute approximate surface area is 119 Å². The third-order valence-corrected chi connectivity index (χ3v) is 5.41. The second kappa shape index (κ2) is 5.25. The van der Waals surface area contributed by atoms with Crippen molar-refractivity contribution in [1.29, 1.82) is 0 Å². The maximum absolute atomic E-state index is 5.98. The van der Waals surface area contributed by atoms with Crippen molar-refractivity contribution in [2.45, 2.75) is 32.2 Å². The third-order valence-electron chi connectivity index (χ3n) is 3.01. The first-order chi connectivity index (χ1) is 8.78. The Morgan fingerprint density at radius 2 is 2.28 bits per heavy atom. The van der Waals surface area contributed by atoms with Crippen LogP contribution in [0, 0.1) is 0 Å². The molecule has 2 aromatic rings. The summed E-state index contributed by atoms with van der Waals surface area (Å²) in [6.45, 7) is 3.00. The van der Waals surface area contributed by atoms with E-state index in [2.05, 4.69) is 17.2 Å². The minimum Gasteiger partial charge on any atom is -0.303 e. The fourth-order valence-electron chi connectivity index (χ4n) is 2.22. The summed E-state index contributed by atoms with van der Waals surface area (Å²) in [6, 6.07) is 0.100. The highest BCUT2D eigenvalue weighted by atomic mass is 35.5. The lowest BCUT2D eigenvalue weighted by Crippen LogP contribution is -2.21. The molecule has 1 atom stereocenters. The van der Waals surface area contributed by atoms with Crippen LogP contribution in [0.25, 0.3) is 0 Å². The molecule has 2 heterocycles. The molecule has 1 N–H and O–H groups in total. The fraction of sp³-hybridized carbons (Fsp3) is 0.500. The van der Waals surface area contributed by atoms with Crippen molar-refractivity contribution in [3.05, 3.63) is 31.1 Å². The lowest BCUT2D eigenvalue weighted by molar-refractivity contribution is 0.621. The third kappa shape index (κ3) is 2.32. The van der Waals surface area contributed by atoms with Gasteiger partial charge in [-0.15, -0.1) is 22.7 Å². The summed E-state index contributed by atoms with van der Waals surface area (Å²) in [5.41, 5.74) is 1.29. The van der Waals surface area contributed by atoms with Crippen LogP contribution in [0.15, 0.2) is 6.20 Å². The number of hydrogen-bond acceptors (Lipinski definition) is 5. The summed E-state index contributed by atoms with van der Waals surface area (Å²) in [7, 11) is 0. The Morgan fingerprint density at radius 1 is 1.39 bits per heavy atom. The van der Waals surface area contributed by atoms with E-state index in [-0.39, 0.29) is 6.04 Å². The molecule has 96 valence electrons. The van der Waals surface area contributed by atoms with Gasteiger partial charge in [0.15, 0.2) is 0 Å². The molecule has 0 saturated heterocycles. The largest absolute Gasteiger partial charge is 0.303 e. The summed E-state index contributed by atoms with van der Waals surface area (Å²) in [5, 5.41) is 5.60. The molecule has 1 unspecified atom stereocenters. The molecule has 1 aliphatic carbocycles. The molecule has 0 bridgehead atoms. The van der Waals surface area contributed by atoms with E-state index in [0.717, 1.165) is 27.3 Å². The highest BCUT2D eigenvalue weighted by Crippen LogP contribution is 2.35. The van der Waals surface area contributed by atoms with Gasteiger partial charge in [0, 0.05) is 4.88 Å². The quantitative estimate of drug-likeness (QED) is 0.940. The van der Waals surface area contributed by atoms with E-state index >= 15 is 0 Å². The van der Waals surface area contributed by atoms with Crippen molar-refractivity contribution in [2.24, 2.45) is 0 Å². The van der Waals surface area contributed by atoms with Crippen LogP contribution in [0.3, 0.4) is 0 Å². The van der Waals surface area contributed by atoms with Crippen LogP contribution < -0.4 is 5.32 Å². The second-order valence-electron chi connectivity index (χ2n) is 4.27. The second-order valence-corrected chi connectivity index (χ2v) is 7.08. The van der Waals surface area contributed by atoms with Gasteiger partial charge < -0.3 is 5.32 Å². The number of nitrogens with zero attached hydrogens (tertiary/aromatic N) is 2. The van der Waals surface area contributed by atoms with Crippen molar-refractivity contribution in [3.63, 3.8) is 0 Å². The highest BCUT2D eigenvalue weighted by molar-refractivity contribution is 7.16. The van der Waals surface area contributed by atoms with Crippen molar-refractivity contribution < 1.29 is 0 Å². The lowest BCUT2D eigenvalue weighted by atomic mass is 10.3. The summed E-state index contributed by atoms with van der Waals surface area (Å²) < 4.78 is 0.733. The van der Waals surface area contributed by atoms with Crippen LogP contribution in [0.2, 0.25) is 4.34 Å². The topological polar surface area (TPSA) is 37.8 Å². The summed E-state index contributed by atoms with van der Waals surface area (Å²) in [6.07, 6.45) is 5.28. The van der Waals surface area contributed by atoms with Gasteiger partial charge in [0.05, 0.1) is 11.9 Å². The van der Waals surface area contributed by atoms with Crippen LogP contribution in [-0.4, -0.2) is 16.5 Å². The van der Waals surface area contributed by atoms with Crippen molar-refractivity contribution >= 4 is 34.3 Å². The monoisotopic (exact) mass is 299 g/mol. The van der Waals surface area contributed by atoms with Gasteiger partial charge in [-0.05, 0) is 25.8 Å². The Bertz CT molecular complexity index is 528. The maximum atomic E-state index is 5.98. The number of thiazole rings is 2. The van der Waals surface area contributed by atoms with Crippen molar-refractivity contribution in [3.8, 4) is 0 Å². The predicted octanol–water partition coefficient (Wildman–Crippen LogP) is 3.44. The predicted molar refractivity (Wildman–Crippen MR) is 76.8 cm³/mol. The Balaban J connectivity index is 1.93. The molecule has 0 radical (unpaired) electrons. The average molecular weight is 300 g/mol. The van der Waals surface area contributed by atoms with E-state index in [0.29, 0.717) is 0 Å². The highest BCUT2D eigenvalue weighted by Gasteiger charge is 2.24. The minimum absolute atomic E-state index is 0.100. The van der Waals surface area contributed by atoms with E-state index in [1.165, 1.54) is 34.7 Å². The van der Waals surface area contributed by atoms with E-state index in [9.17, 15) is 0 Å². The molecule has 0 spiro atoms. The molecule has 3 nitrogen and oxygen atoms in total. The molecule has 0 aliphatic heterocycles. The van der Waals surface area contributed by atoms with E-state index in [1.807, 2.05) is 11.3 Å². The molecule has 0 fully saturated rings. The fourth-order valence-corrected chi connectivity index (χ4v) is 4.54. The van der Waals surface area contributed by atoms with Crippen LogP contribution in [0.5, 0.6) is 0 Å². The lowest BCUT2D eigenvalue weighted by Gasteiger charge is -2.12. The summed E-state index contributed by atoms with van der Waals surface area (Å²) in [4.78, 5) is 10.6. The molecule has 0 saturated carbocycles. The first-order valence-electron chi connectivity index (χ1n) is 6.11. The van der Waals surface area contributed by atoms with Crippen LogP contribution >= 0.6 is 34.3 Å². The zero-order valence-electron chi connectivity index (χ0n) is 10.1. The minimum atomic E-state index is 0.100. The molecule has 1 aliphatic rings. The normalized spacial score (nSPS) is 15.9. The van der Waals surface area contributed by atoms with E-state index < -0.39 is 0 Å². The number of halogens is 1. The molecule has 18 heavy (non-hydrogen) atoms. The smallest absolute Gasteiger partial charge is 0.118 e. The summed E-state index contributed by atoms with van der Waals surface area (Å²) >= 11 is 9.33.